The maximum absolute atomic E-state index is 13.1. The number of fused-ring (bicyclic) bond motifs is 5. The van der Waals surface area contributed by atoms with Gasteiger partial charge >= 0.3 is 11.6 Å². The molecule has 0 spiro atoms. The smallest absolute Gasteiger partial charge is 0.349 e. The van der Waals surface area contributed by atoms with Crippen LogP contribution in [0.25, 0.3) is 56.3 Å². The molecule has 11 heteroatoms. The van der Waals surface area contributed by atoms with Crippen LogP contribution in [-0.2, 0) is 4.79 Å². The Bertz CT molecular complexity index is 2770. The summed E-state index contributed by atoms with van der Waals surface area (Å²) in [6.07, 6.45) is 3.23. The second kappa shape index (κ2) is 16.7. The lowest BCUT2D eigenvalue weighted by Gasteiger charge is -2.20. The standard InChI is InChI=1S/C48H42N4O7/c1-3-52(4-2)33-22-20-31-26-39(48(57)59-43(31)28-33)46-51-41-27-32(21-23-42(41)58-46)44(53)49-24-10-9-15-40(47(55)56)50-45(54)30-18-16-29(17-19-30)25-38-36-13-7-5-11-34(36)35-12-6-8-14-37(35)38/h5-8,11-14,16-23,25-28,40H,3-4,9-10,15,24H2,1-2H3,(H,49,53)(H,50,54)(H,55,56). The van der Waals surface area contributed by atoms with E-state index in [-0.39, 0.29) is 23.8 Å². The zero-order valence-corrected chi connectivity index (χ0v) is 32.7. The molecular formula is C48H42N4O7. The number of carbonyl (C=O) groups is 3. The number of nitrogens with one attached hydrogen (secondary N) is 2. The fraction of sp³-hybridized carbons (Fsp3) is 0.188. The van der Waals surface area contributed by atoms with Crippen LogP contribution in [0.5, 0.6) is 0 Å². The molecule has 296 valence electrons. The molecule has 0 bridgehead atoms. The summed E-state index contributed by atoms with van der Waals surface area (Å²) >= 11 is 0. The number of unbranched alkanes of at least 4 members (excludes halogenated alkanes) is 1. The quantitative estimate of drug-likeness (QED) is 0.0725. The maximum atomic E-state index is 13.1. The number of anilines is 1. The fourth-order valence-electron chi connectivity index (χ4n) is 7.60. The molecule has 11 nitrogen and oxygen atoms in total. The number of amides is 2. The molecule has 0 aliphatic heterocycles. The Labute approximate surface area is 340 Å². The fourth-order valence-corrected chi connectivity index (χ4v) is 7.60. The number of carboxylic acids is 1. The van der Waals surface area contributed by atoms with Crippen LogP contribution in [-0.4, -0.2) is 53.6 Å². The van der Waals surface area contributed by atoms with Crippen LogP contribution >= 0.6 is 0 Å². The number of aromatic nitrogens is 1. The van der Waals surface area contributed by atoms with E-state index < -0.39 is 23.5 Å². The third-order valence-corrected chi connectivity index (χ3v) is 10.7. The monoisotopic (exact) mass is 786 g/mol. The van der Waals surface area contributed by atoms with Crippen LogP contribution < -0.4 is 21.2 Å². The van der Waals surface area contributed by atoms with Gasteiger partial charge in [-0.05, 0) is 121 Å². The van der Waals surface area contributed by atoms with Gasteiger partial charge in [0.05, 0.1) is 0 Å². The molecule has 7 aromatic rings. The number of carboxylic acid groups (broad SMARTS) is 1. The number of hydrogen-bond donors (Lipinski definition) is 3. The number of carbonyl (C=O) groups excluding carboxylic acids is 2. The van der Waals surface area contributed by atoms with Gasteiger partial charge in [-0.2, -0.15) is 0 Å². The lowest BCUT2D eigenvalue weighted by atomic mass is 10.0. The van der Waals surface area contributed by atoms with Crippen molar-refractivity contribution in [2.75, 3.05) is 24.5 Å². The van der Waals surface area contributed by atoms with Crippen LogP contribution in [0.15, 0.2) is 129 Å². The van der Waals surface area contributed by atoms with Gasteiger partial charge in [-0.1, -0.05) is 60.7 Å². The highest BCUT2D eigenvalue weighted by Crippen LogP contribution is 2.44. The van der Waals surface area contributed by atoms with Gasteiger partial charge in [0.1, 0.15) is 22.7 Å². The summed E-state index contributed by atoms with van der Waals surface area (Å²) < 4.78 is 11.5. The van der Waals surface area contributed by atoms with E-state index in [0.717, 1.165) is 46.4 Å². The zero-order valence-electron chi connectivity index (χ0n) is 32.7. The topological polar surface area (TPSA) is 155 Å². The van der Waals surface area contributed by atoms with Crippen molar-refractivity contribution >= 4 is 57.2 Å². The van der Waals surface area contributed by atoms with Gasteiger partial charge in [0, 0.05) is 47.9 Å². The van der Waals surface area contributed by atoms with Crippen molar-refractivity contribution in [1.82, 2.24) is 15.6 Å². The number of hydrogen-bond acceptors (Lipinski definition) is 8. The van der Waals surface area contributed by atoms with Crippen molar-refractivity contribution in [1.29, 1.82) is 0 Å². The molecule has 8 rings (SSSR count). The summed E-state index contributed by atoms with van der Waals surface area (Å²) in [5.74, 6) is -1.85. The van der Waals surface area contributed by atoms with Crippen LogP contribution in [0.2, 0.25) is 0 Å². The first-order chi connectivity index (χ1) is 28.7. The molecule has 0 fully saturated rings. The first-order valence-electron chi connectivity index (χ1n) is 19.8. The van der Waals surface area contributed by atoms with Gasteiger partial charge in [0.2, 0.25) is 5.89 Å². The average Bonchev–Trinajstić information content (AvgIpc) is 3.82. The van der Waals surface area contributed by atoms with Crippen molar-refractivity contribution in [3.63, 3.8) is 0 Å². The second-order valence-electron chi connectivity index (χ2n) is 14.4. The van der Waals surface area contributed by atoms with E-state index in [0.29, 0.717) is 47.2 Å². The third kappa shape index (κ3) is 8.00. The van der Waals surface area contributed by atoms with Gasteiger partial charge in [-0.25, -0.2) is 14.6 Å². The highest BCUT2D eigenvalue weighted by Gasteiger charge is 2.23. The van der Waals surface area contributed by atoms with Crippen molar-refractivity contribution in [3.8, 4) is 22.6 Å². The van der Waals surface area contributed by atoms with Crippen molar-refractivity contribution < 1.29 is 28.3 Å². The molecule has 0 saturated heterocycles. The number of benzene rings is 5. The molecule has 1 aliphatic rings. The van der Waals surface area contributed by atoms with Crippen LogP contribution in [0.1, 0.15) is 70.5 Å². The summed E-state index contributed by atoms with van der Waals surface area (Å²) in [5.41, 5.74) is 9.26. The SMILES string of the molecule is CCN(CC)c1ccc2cc(-c3nc4cc(C(=O)NCCCCC(NC(=O)c5ccc(C=C6c7ccccc7-c7ccccc76)cc5)C(=O)O)ccc4o3)c(=O)oc2c1. The summed E-state index contributed by atoms with van der Waals surface area (Å²) in [4.78, 5) is 57.8. The van der Waals surface area contributed by atoms with Crippen LogP contribution in [0.3, 0.4) is 0 Å². The third-order valence-electron chi connectivity index (χ3n) is 10.7. The van der Waals surface area contributed by atoms with Crippen molar-refractivity contribution in [2.24, 2.45) is 0 Å². The lowest BCUT2D eigenvalue weighted by molar-refractivity contribution is -0.139. The summed E-state index contributed by atoms with van der Waals surface area (Å²) in [5, 5.41) is 16.1. The minimum absolute atomic E-state index is 0.0908. The van der Waals surface area contributed by atoms with E-state index in [2.05, 4.69) is 64.7 Å². The highest BCUT2D eigenvalue weighted by molar-refractivity contribution is 6.06. The number of aliphatic carboxylic acids is 1. The van der Waals surface area contributed by atoms with Gasteiger partial charge in [-0.15, -0.1) is 0 Å². The van der Waals surface area contributed by atoms with Gasteiger partial charge in [0.25, 0.3) is 11.8 Å². The Hall–Kier alpha value is -7.27. The van der Waals surface area contributed by atoms with Gasteiger partial charge < -0.3 is 29.5 Å². The second-order valence-corrected chi connectivity index (χ2v) is 14.4. The molecule has 1 atom stereocenters. The lowest BCUT2D eigenvalue weighted by Crippen LogP contribution is -2.40. The van der Waals surface area contributed by atoms with Crippen LogP contribution in [0, 0.1) is 0 Å². The molecule has 59 heavy (non-hydrogen) atoms. The molecule has 2 amide bonds. The Balaban J connectivity index is 0.842. The van der Waals surface area contributed by atoms with E-state index in [1.54, 1.807) is 36.4 Å². The van der Waals surface area contributed by atoms with E-state index in [1.807, 2.05) is 54.6 Å². The van der Waals surface area contributed by atoms with Crippen molar-refractivity contribution in [3.05, 3.63) is 153 Å². The molecule has 0 radical (unpaired) electrons. The Morgan fingerprint density at radius 2 is 1.41 bits per heavy atom. The van der Waals surface area contributed by atoms with Crippen molar-refractivity contribution in [2.45, 2.75) is 39.2 Å². The summed E-state index contributed by atoms with van der Waals surface area (Å²) in [6, 6.07) is 34.8. The molecular weight excluding hydrogens is 745 g/mol. The minimum Gasteiger partial charge on any atom is -0.480 e. The number of oxazole rings is 1. The van der Waals surface area contributed by atoms with E-state index in [4.69, 9.17) is 8.83 Å². The molecule has 3 N–H and O–H groups in total. The molecule has 2 aromatic heterocycles. The van der Waals surface area contributed by atoms with E-state index in [1.165, 1.54) is 11.1 Å². The molecule has 1 unspecified atom stereocenters. The molecule has 0 saturated carbocycles. The van der Waals surface area contributed by atoms with Gasteiger partial charge in [-0.3, -0.25) is 9.59 Å². The Kier molecular flexibility index (Phi) is 10.9. The zero-order chi connectivity index (χ0) is 41.0. The summed E-state index contributed by atoms with van der Waals surface area (Å²) in [7, 11) is 0. The Morgan fingerprint density at radius 3 is 2.08 bits per heavy atom. The highest BCUT2D eigenvalue weighted by atomic mass is 16.4. The number of nitrogens with zero attached hydrogens (tertiary/aromatic N) is 2. The molecule has 1 aliphatic carbocycles. The minimum atomic E-state index is -1.13. The molecule has 2 heterocycles. The maximum Gasteiger partial charge on any atom is 0.349 e. The first-order valence-corrected chi connectivity index (χ1v) is 19.8. The van der Waals surface area contributed by atoms with E-state index in [9.17, 15) is 24.3 Å². The number of rotatable bonds is 14. The Morgan fingerprint density at radius 1 is 0.729 bits per heavy atom. The average molecular weight is 787 g/mol. The van der Waals surface area contributed by atoms with E-state index >= 15 is 0 Å². The van der Waals surface area contributed by atoms with Crippen LogP contribution in [0.4, 0.5) is 5.69 Å². The predicted molar refractivity (Wildman–Crippen MR) is 229 cm³/mol. The first kappa shape index (κ1) is 38.6. The molecule has 5 aromatic carbocycles. The predicted octanol–water partition coefficient (Wildman–Crippen LogP) is 8.80. The normalized spacial score (nSPS) is 12.2. The largest absolute Gasteiger partial charge is 0.480 e. The summed E-state index contributed by atoms with van der Waals surface area (Å²) in [6.45, 7) is 6.07. The van der Waals surface area contributed by atoms with Gasteiger partial charge in [0.15, 0.2) is 5.58 Å².